The van der Waals surface area contributed by atoms with Gasteiger partial charge in [0.25, 0.3) is 0 Å². The minimum atomic E-state index is -1.10. The molecule has 122 valence electrons. The molecule has 0 aliphatic rings. The molecule has 1 amide bonds. The number of nitrogens with one attached hydrogen (secondary N) is 1. The Morgan fingerprint density at radius 3 is 2.54 bits per heavy atom. The summed E-state index contributed by atoms with van der Waals surface area (Å²) in [5.41, 5.74) is 1.35. The van der Waals surface area contributed by atoms with Crippen LogP contribution in [0.5, 0.6) is 0 Å². The molecular weight excluding hydrogens is 328 g/mol. The van der Waals surface area contributed by atoms with Gasteiger partial charge in [-0.2, -0.15) is 0 Å². The third kappa shape index (κ3) is 3.26. The van der Waals surface area contributed by atoms with E-state index < -0.39 is 12.0 Å². The number of aromatic nitrogens is 1. The smallest absolute Gasteiger partial charge is 0.330 e. The molecule has 2 N–H and O–H groups in total. The fourth-order valence-corrected chi connectivity index (χ4v) is 2.85. The first-order valence-electron chi connectivity index (χ1n) is 7.37. The highest BCUT2D eigenvalue weighted by atomic mass is 35.5. The first-order valence-corrected chi connectivity index (χ1v) is 7.74. The van der Waals surface area contributed by atoms with Crippen molar-refractivity contribution in [2.24, 2.45) is 0 Å². The lowest BCUT2D eigenvalue weighted by Crippen LogP contribution is -2.35. The number of carbonyl (C=O) groups excluding carboxylic acids is 1. The fourth-order valence-electron chi connectivity index (χ4n) is 2.62. The molecule has 0 bridgehead atoms. The standard InChI is InChI=1S/C18H15ClN2O3/c19-14-7-4-8-15-13(14)9-10-21(15)11-16(22)20-17(18(23)24)12-5-2-1-3-6-12/h1-10,17H,11H2,(H,20,22)(H,23,24). The van der Waals surface area contributed by atoms with E-state index in [-0.39, 0.29) is 12.5 Å². The molecule has 0 fully saturated rings. The summed E-state index contributed by atoms with van der Waals surface area (Å²) in [5.74, 6) is -1.49. The molecule has 3 rings (SSSR count). The summed E-state index contributed by atoms with van der Waals surface area (Å²) in [6, 6.07) is 14.8. The molecule has 2 aromatic carbocycles. The van der Waals surface area contributed by atoms with Crippen molar-refractivity contribution in [3.8, 4) is 0 Å². The minimum Gasteiger partial charge on any atom is -0.479 e. The number of carboxylic acids is 1. The molecule has 24 heavy (non-hydrogen) atoms. The average Bonchev–Trinajstić information content (AvgIpc) is 2.97. The minimum absolute atomic E-state index is 0.0143. The second-order valence-corrected chi connectivity index (χ2v) is 5.77. The fraction of sp³-hybridized carbons (Fsp3) is 0.111. The molecule has 1 aromatic heterocycles. The highest BCUT2D eigenvalue weighted by molar-refractivity contribution is 6.35. The number of carboxylic acid groups (broad SMARTS) is 1. The number of nitrogens with zero attached hydrogens (tertiary/aromatic N) is 1. The van der Waals surface area contributed by atoms with E-state index in [2.05, 4.69) is 5.32 Å². The molecule has 6 heteroatoms. The number of rotatable bonds is 5. The Labute approximate surface area is 143 Å². The zero-order valence-electron chi connectivity index (χ0n) is 12.6. The van der Waals surface area contributed by atoms with Gasteiger partial charge in [0.15, 0.2) is 6.04 Å². The van der Waals surface area contributed by atoms with Crippen LogP contribution >= 0.6 is 11.6 Å². The molecule has 1 unspecified atom stereocenters. The Kier molecular flexibility index (Phi) is 4.53. The first-order chi connectivity index (χ1) is 11.6. The second kappa shape index (κ2) is 6.76. The maximum absolute atomic E-state index is 12.3. The maximum Gasteiger partial charge on any atom is 0.330 e. The van der Waals surface area contributed by atoms with Crippen LogP contribution in [-0.4, -0.2) is 21.6 Å². The molecule has 0 aliphatic heterocycles. The zero-order valence-corrected chi connectivity index (χ0v) is 13.4. The lowest BCUT2D eigenvalue weighted by atomic mass is 10.1. The largest absolute Gasteiger partial charge is 0.479 e. The van der Waals surface area contributed by atoms with Crippen LogP contribution < -0.4 is 5.32 Å². The van der Waals surface area contributed by atoms with Gasteiger partial charge in [0, 0.05) is 22.1 Å². The summed E-state index contributed by atoms with van der Waals surface area (Å²) in [6.07, 6.45) is 1.76. The van der Waals surface area contributed by atoms with Crippen molar-refractivity contribution < 1.29 is 14.7 Å². The summed E-state index contributed by atoms with van der Waals surface area (Å²) in [4.78, 5) is 23.8. The van der Waals surface area contributed by atoms with Gasteiger partial charge in [-0.1, -0.05) is 48.0 Å². The van der Waals surface area contributed by atoms with Crippen LogP contribution in [0.15, 0.2) is 60.8 Å². The van der Waals surface area contributed by atoms with Crippen molar-refractivity contribution in [3.05, 3.63) is 71.4 Å². The molecule has 0 aliphatic carbocycles. The molecule has 0 saturated carbocycles. The number of halogens is 1. The van der Waals surface area contributed by atoms with Crippen LogP contribution in [0.4, 0.5) is 0 Å². The summed E-state index contributed by atoms with van der Waals surface area (Å²) in [5, 5.41) is 13.4. The van der Waals surface area contributed by atoms with Gasteiger partial charge in [-0.05, 0) is 23.8 Å². The number of carbonyl (C=O) groups is 2. The Morgan fingerprint density at radius 2 is 1.83 bits per heavy atom. The maximum atomic E-state index is 12.3. The summed E-state index contributed by atoms with van der Waals surface area (Å²) < 4.78 is 1.74. The van der Waals surface area contributed by atoms with E-state index in [0.29, 0.717) is 10.6 Å². The highest BCUT2D eigenvalue weighted by Gasteiger charge is 2.22. The number of fused-ring (bicyclic) bond motifs is 1. The SMILES string of the molecule is O=C(Cn1ccc2c(Cl)cccc21)NC(C(=O)O)c1ccccc1. The van der Waals surface area contributed by atoms with Gasteiger partial charge in [0.1, 0.15) is 6.54 Å². The van der Waals surface area contributed by atoms with Crippen LogP contribution in [0.1, 0.15) is 11.6 Å². The van der Waals surface area contributed by atoms with E-state index in [0.717, 1.165) is 10.9 Å². The Balaban J connectivity index is 1.79. The molecule has 1 atom stereocenters. The summed E-state index contributed by atoms with van der Waals surface area (Å²) in [6.45, 7) is 0.0143. The van der Waals surface area contributed by atoms with Crippen LogP contribution in [0, 0.1) is 0 Å². The van der Waals surface area contributed by atoms with Crippen molar-refractivity contribution in [2.45, 2.75) is 12.6 Å². The number of amides is 1. The molecular formula is C18H15ClN2O3. The lowest BCUT2D eigenvalue weighted by molar-refractivity contribution is -0.142. The van der Waals surface area contributed by atoms with Crippen molar-refractivity contribution in [2.75, 3.05) is 0 Å². The van der Waals surface area contributed by atoms with Crippen molar-refractivity contribution in [1.29, 1.82) is 0 Å². The number of benzene rings is 2. The monoisotopic (exact) mass is 342 g/mol. The van der Waals surface area contributed by atoms with Gasteiger partial charge in [0.2, 0.25) is 5.91 Å². The number of hydrogen-bond donors (Lipinski definition) is 2. The highest BCUT2D eigenvalue weighted by Crippen LogP contribution is 2.24. The molecule has 0 saturated heterocycles. The van der Waals surface area contributed by atoms with Gasteiger partial charge >= 0.3 is 5.97 Å². The Morgan fingerprint density at radius 1 is 1.08 bits per heavy atom. The molecule has 3 aromatic rings. The van der Waals surface area contributed by atoms with E-state index in [1.54, 1.807) is 47.2 Å². The second-order valence-electron chi connectivity index (χ2n) is 5.37. The van der Waals surface area contributed by atoms with E-state index in [9.17, 15) is 14.7 Å². The Bertz CT molecular complexity index is 890. The van der Waals surface area contributed by atoms with E-state index in [1.807, 2.05) is 18.2 Å². The number of hydrogen-bond acceptors (Lipinski definition) is 2. The van der Waals surface area contributed by atoms with Crippen molar-refractivity contribution in [3.63, 3.8) is 0 Å². The van der Waals surface area contributed by atoms with Crippen LogP contribution in [0.2, 0.25) is 5.02 Å². The molecule has 0 spiro atoms. The average molecular weight is 343 g/mol. The van der Waals surface area contributed by atoms with E-state index in [1.165, 1.54) is 0 Å². The molecule has 5 nitrogen and oxygen atoms in total. The number of aliphatic carboxylic acids is 1. The van der Waals surface area contributed by atoms with Crippen LogP contribution in [0.3, 0.4) is 0 Å². The Hall–Kier alpha value is -2.79. The zero-order chi connectivity index (χ0) is 17.1. The quantitative estimate of drug-likeness (QED) is 0.747. The predicted molar refractivity (Wildman–Crippen MR) is 91.9 cm³/mol. The predicted octanol–water partition coefficient (Wildman–Crippen LogP) is 3.24. The summed E-state index contributed by atoms with van der Waals surface area (Å²) in [7, 11) is 0. The normalized spacial score (nSPS) is 12.0. The molecule has 0 radical (unpaired) electrons. The summed E-state index contributed by atoms with van der Waals surface area (Å²) >= 11 is 6.12. The van der Waals surface area contributed by atoms with Crippen molar-refractivity contribution >= 4 is 34.4 Å². The third-order valence-electron chi connectivity index (χ3n) is 3.76. The first kappa shape index (κ1) is 16.1. The van der Waals surface area contributed by atoms with Crippen molar-refractivity contribution in [1.82, 2.24) is 9.88 Å². The van der Waals surface area contributed by atoms with Gasteiger partial charge < -0.3 is 15.0 Å². The van der Waals surface area contributed by atoms with E-state index >= 15 is 0 Å². The van der Waals surface area contributed by atoms with Gasteiger partial charge in [-0.25, -0.2) is 4.79 Å². The van der Waals surface area contributed by atoms with Gasteiger partial charge in [0.05, 0.1) is 0 Å². The third-order valence-corrected chi connectivity index (χ3v) is 4.09. The van der Waals surface area contributed by atoms with Crippen LogP contribution in [0.25, 0.3) is 10.9 Å². The molecule has 1 heterocycles. The van der Waals surface area contributed by atoms with Gasteiger partial charge in [-0.15, -0.1) is 0 Å². The van der Waals surface area contributed by atoms with E-state index in [4.69, 9.17) is 11.6 Å². The van der Waals surface area contributed by atoms with Gasteiger partial charge in [-0.3, -0.25) is 4.79 Å². The van der Waals surface area contributed by atoms with Crippen LogP contribution in [-0.2, 0) is 16.1 Å². The lowest BCUT2D eigenvalue weighted by Gasteiger charge is -2.15. The topological polar surface area (TPSA) is 71.3 Å².